The van der Waals surface area contributed by atoms with E-state index in [4.69, 9.17) is 4.52 Å². The van der Waals surface area contributed by atoms with Gasteiger partial charge in [-0.2, -0.15) is 4.98 Å². The van der Waals surface area contributed by atoms with E-state index in [0.29, 0.717) is 29.7 Å². The van der Waals surface area contributed by atoms with Crippen LogP contribution >= 0.6 is 0 Å². The molecule has 2 aromatic heterocycles. The van der Waals surface area contributed by atoms with Gasteiger partial charge in [0.2, 0.25) is 11.7 Å². The van der Waals surface area contributed by atoms with Crippen LogP contribution in [0.3, 0.4) is 0 Å². The third-order valence-electron chi connectivity index (χ3n) is 4.12. The summed E-state index contributed by atoms with van der Waals surface area (Å²) >= 11 is 0. The molecule has 0 aromatic carbocycles. The summed E-state index contributed by atoms with van der Waals surface area (Å²) in [5, 5.41) is 13.3. The van der Waals surface area contributed by atoms with E-state index in [0.717, 1.165) is 12.8 Å². The third-order valence-corrected chi connectivity index (χ3v) is 4.12. The Bertz CT molecular complexity index is 628. The number of aliphatic carboxylic acids is 1. The lowest BCUT2D eigenvalue weighted by Crippen LogP contribution is -2.17. The second-order valence-corrected chi connectivity index (χ2v) is 5.35. The van der Waals surface area contributed by atoms with Crippen LogP contribution in [0.2, 0.25) is 0 Å². The van der Waals surface area contributed by atoms with E-state index < -0.39 is 11.9 Å². The lowest BCUT2D eigenvalue weighted by molar-refractivity contribution is -0.142. The van der Waals surface area contributed by atoms with Crippen molar-refractivity contribution in [3.05, 3.63) is 24.5 Å². The molecule has 3 unspecified atom stereocenters. The van der Waals surface area contributed by atoms with E-state index in [-0.39, 0.29) is 5.92 Å². The van der Waals surface area contributed by atoms with Crippen LogP contribution in [0, 0.1) is 11.8 Å². The highest BCUT2D eigenvalue weighted by Gasteiger charge is 2.42. The molecule has 0 spiro atoms. The van der Waals surface area contributed by atoms with Crippen molar-refractivity contribution in [1.82, 2.24) is 20.1 Å². The molecule has 2 heterocycles. The highest BCUT2D eigenvalue weighted by Crippen LogP contribution is 2.44. The molecule has 110 valence electrons. The molecular weight excluding hydrogens is 272 g/mol. The van der Waals surface area contributed by atoms with Crippen molar-refractivity contribution in [2.45, 2.75) is 32.1 Å². The first-order valence-corrected chi connectivity index (χ1v) is 7.01. The Hall–Kier alpha value is -2.31. The second-order valence-electron chi connectivity index (χ2n) is 5.35. The summed E-state index contributed by atoms with van der Waals surface area (Å²) in [5.74, 6) is -0.295. The minimum absolute atomic E-state index is 0.212. The number of hydrogen-bond acceptors (Lipinski definition) is 6. The normalized spacial score (nSPS) is 25.1. The van der Waals surface area contributed by atoms with Gasteiger partial charge in [-0.25, -0.2) is 9.97 Å². The number of carboxylic acids is 1. The zero-order valence-corrected chi connectivity index (χ0v) is 11.6. The minimum atomic E-state index is -0.794. The highest BCUT2D eigenvalue weighted by molar-refractivity contribution is 5.71. The van der Waals surface area contributed by atoms with Gasteiger partial charge in [0.05, 0.1) is 11.8 Å². The predicted molar refractivity (Wildman–Crippen MR) is 72.2 cm³/mol. The van der Waals surface area contributed by atoms with Crippen molar-refractivity contribution in [3.63, 3.8) is 0 Å². The first kappa shape index (κ1) is 13.7. The van der Waals surface area contributed by atoms with E-state index in [1.807, 2.05) is 0 Å². The van der Waals surface area contributed by atoms with Gasteiger partial charge in [-0.1, -0.05) is 18.5 Å². The fourth-order valence-electron chi connectivity index (χ4n) is 2.93. The molecule has 0 bridgehead atoms. The van der Waals surface area contributed by atoms with Gasteiger partial charge in [0, 0.05) is 6.20 Å². The maximum Gasteiger partial charge on any atom is 0.307 e. The van der Waals surface area contributed by atoms with Crippen molar-refractivity contribution < 1.29 is 14.4 Å². The van der Waals surface area contributed by atoms with Crippen LogP contribution in [0.1, 0.15) is 38.0 Å². The molecule has 7 heteroatoms. The van der Waals surface area contributed by atoms with Gasteiger partial charge in [-0.3, -0.25) is 4.79 Å². The highest BCUT2D eigenvalue weighted by atomic mass is 16.5. The number of aromatic nitrogens is 4. The van der Waals surface area contributed by atoms with Crippen molar-refractivity contribution in [1.29, 1.82) is 0 Å². The number of nitrogens with zero attached hydrogens (tertiary/aromatic N) is 4. The number of carboxylic acid groups (broad SMARTS) is 1. The van der Waals surface area contributed by atoms with Crippen LogP contribution in [0.4, 0.5) is 0 Å². The molecule has 3 rings (SSSR count). The number of hydrogen-bond donors (Lipinski definition) is 1. The summed E-state index contributed by atoms with van der Waals surface area (Å²) in [6.07, 6.45) is 5.42. The van der Waals surface area contributed by atoms with Crippen LogP contribution < -0.4 is 0 Å². The molecular formula is C14H16N4O3. The van der Waals surface area contributed by atoms with Crippen LogP contribution in [0.25, 0.3) is 11.5 Å². The van der Waals surface area contributed by atoms with E-state index in [1.54, 1.807) is 12.3 Å². The summed E-state index contributed by atoms with van der Waals surface area (Å²) in [7, 11) is 0. The molecule has 0 radical (unpaired) electrons. The van der Waals surface area contributed by atoms with E-state index in [9.17, 15) is 9.90 Å². The molecule has 7 nitrogen and oxygen atoms in total. The molecule has 1 saturated carbocycles. The molecule has 1 N–H and O–H groups in total. The molecule has 21 heavy (non-hydrogen) atoms. The van der Waals surface area contributed by atoms with Crippen LogP contribution in [0.5, 0.6) is 0 Å². The minimum Gasteiger partial charge on any atom is -0.481 e. The maximum atomic E-state index is 11.4. The third kappa shape index (κ3) is 2.63. The maximum absolute atomic E-state index is 11.4. The lowest BCUT2D eigenvalue weighted by atomic mass is 9.96. The van der Waals surface area contributed by atoms with Gasteiger partial charge in [0.1, 0.15) is 12.0 Å². The van der Waals surface area contributed by atoms with Crippen LogP contribution in [-0.4, -0.2) is 31.2 Å². The Balaban J connectivity index is 1.87. The van der Waals surface area contributed by atoms with Gasteiger partial charge in [0.15, 0.2) is 0 Å². The standard InChI is InChI=1S/C14H16N4O3/c1-2-8-5-9(10(6-8)14(19)20)13-17-12(18-21-13)11-3-4-15-7-16-11/h3-4,7-10H,2,5-6H2,1H3,(H,19,20). The van der Waals surface area contributed by atoms with E-state index in [2.05, 4.69) is 27.0 Å². The molecule has 0 saturated heterocycles. The van der Waals surface area contributed by atoms with E-state index in [1.165, 1.54) is 6.33 Å². The van der Waals surface area contributed by atoms with Gasteiger partial charge in [-0.15, -0.1) is 0 Å². The summed E-state index contributed by atoms with van der Waals surface area (Å²) in [5.41, 5.74) is 0.567. The van der Waals surface area contributed by atoms with Gasteiger partial charge in [-0.05, 0) is 24.8 Å². The fraction of sp³-hybridized carbons (Fsp3) is 0.500. The van der Waals surface area contributed by atoms with Crippen LogP contribution in [0.15, 0.2) is 23.1 Å². The Kier molecular flexibility index (Phi) is 3.64. The summed E-state index contributed by atoms with van der Waals surface area (Å²) < 4.78 is 5.29. The predicted octanol–water partition coefficient (Wildman–Crippen LogP) is 2.13. The summed E-state index contributed by atoms with van der Waals surface area (Å²) in [4.78, 5) is 23.6. The average molecular weight is 288 g/mol. The number of rotatable bonds is 4. The summed E-state index contributed by atoms with van der Waals surface area (Å²) in [6.45, 7) is 2.08. The van der Waals surface area contributed by atoms with Crippen molar-refractivity contribution in [2.24, 2.45) is 11.8 Å². The zero-order valence-electron chi connectivity index (χ0n) is 11.6. The molecule has 1 aliphatic carbocycles. The molecule has 0 amide bonds. The Labute approximate surface area is 121 Å². The Morgan fingerprint density at radius 3 is 3.00 bits per heavy atom. The molecule has 1 aliphatic rings. The summed E-state index contributed by atoms with van der Waals surface area (Å²) in [6, 6.07) is 1.69. The molecule has 2 aromatic rings. The zero-order chi connectivity index (χ0) is 14.8. The van der Waals surface area contributed by atoms with Crippen molar-refractivity contribution in [2.75, 3.05) is 0 Å². The van der Waals surface area contributed by atoms with Gasteiger partial charge in [0.25, 0.3) is 0 Å². The average Bonchev–Trinajstić information content (AvgIpc) is 3.14. The fourth-order valence-corrected chi connectivity index (χ4v) is 2.93. The van der Waals surface area contributed by atoms with Gasteiger partial charge < -0.3 is 9.63 Å². The second kappa shape index (κ2) is 5.59. The quantitative estimate of drug-likeness (QED) is 0.919. The monoisotopic (exact) mass is 288 g/mol. The molecule has 3 atom stereocenters. The SMILES string of the molecule is CCC1CC(C(=O)O)C(c2nc(-c3ccncn3)no2)C1. The van der Waals surface area contributed by atoms with E-state index >= 15 is 0 Å². The first-order chi connectivity index (χ1) is 10.2. The lowest BCUT2D eigenvalue weighted by Gasteiger charge is -2.09. The Morgan fingerprint density at radius 2 is 2.33 bits per heavy atom. The topological polar surface area (TPSA) is 102 Å². The Morgan fingerprint density at radius 1 is 1.48 bits per heavy atom. The van der Waals surface area contributed by atoms with Gasteiger partial charge >= 0.3 is 5.97 Å². The largest absolute Gasteiger partial charge is 0.481 e. The van der Waals surface area contributed by atoms with Crippen molar-refractivity contribution in [3.8, 4) is 11.5 Å². The number of carbonyl (C=O) groups is 1. The molecule has 1 fully saturated rings. The van der Waals surface area contributed by atoms with Crippen molar-refractivity contribution >= 4 is 5.97 Å². The van der Waals surface area contributed by atoms with Crippen LogP contribution in [-0.2, 0) is 4.79 Å². The first-order valence-electron chi connectivity index (χ1n) is 7.01. The smallest absolute Gasteiger partial charge is 0.307 e. The molecule has 0 aliphatic heterocycles.